The second-order valence-electron chi connectivity index (χ2n) is 6.54. The van der Waals surface area contributed by atoms with Gasteiger partial charge in [0, 0.05) is 31.9 Å². The van der Waals surface area contributed by atoms with Crippen LogP contribution < -0.4 is 4.90 Å². The minimum atomic E-state index is -0.756. The number of ether oxygens (including phenoxy) is 1. The van der Waals surface area contributed by atoms with Gasteiger partial charge in [0.05, 0.1) is 23.4 Å². The number of alkyl halides is 1. The van der Waals surface area contributed by atoms with E-state index in [0.29, 0.717) is 37.4 Å². The molecule has 0 spiro atoms. The first-order valence-electron chi connectivity index (χ1n) is 8.93. The van der Waals surface area contributed by atoms with E-state index in [0.717, 1.165) is 5.69 Å². The van der Waals surface area contributed by atoms with E-state index in [4.69, 9.17) is 16.3 Å². The summed E-state index contributed by atoms with van der Waals surface area (Å²) < 4.78 is 19.0. The van der Waals surface area contributed by atoms with Crippen molar-refractivity contribution in [3.8, 4) is 0 Å². The van der Waals surface area contributed by atoms with Crippen LogP contribution in [0.2, 0.25) is 5.02 Å². The number of halogens is 2. The summed E-state index contributed by atoms with van der Waals surface area (Å²) in [6.07, 6.45) is 0. The summed E-state index contributed by atoms with van der Waals surface area (Å²) in [4.78, 5) is 28.0. The molecule has 1 aliphatic rings. The molecule has 2 heterocycles. The number of amides is 1. The van der Waals surface area contributed by atoms with Crippen molar-refractivity contribution in [3.63, 3.8) is 0 Å². The van der Waals surface area contributed by atoms with Crippen LogP contribution in [0.4, 0.5) is 10.1 Å². The second-order valence-corrected chi connectivity index (χ2v) is 6.92. The lowest BCUT2D eigenvalue weighted by Gasteiger charge is -2.36. The van der Waals surface area contributed by atoms with E-state index in [2.05, 4.69) is 10.00 Å². The number of hydrogen-bond acceptors (Lipinski definition) is 5. The van der Waals surface area contributed by atoms with E-state index in [1.165, 1.54) is 11.8 Å². The number of esters is 1. The molecule has 1 aliphatic heterocycles. The molecular formula is C19H22ClFN4O3. The first-order chi connectivity index (χ1) is 13.4. The Morgan fingerprint density at radius 3 is 2.36 bits per heavy atom. The van der Waals surface area contributed by atoms with Gasteiger partial charge in [0.1, 0.15) is 18.9 Å². The number of carbonyl (C=O) groups is 2. The van der Waals surface area contributed by atoms with E-state index in [-0.39, 0.29) is 29.1 Å². The van der Waals surface area contributed by atoms with Gasteiger partial charge < -0.3 is 14.5 Å². The normalized spacial score (nSPS) is 14.3. The highest BCUT2D eigenvalue weighted by atomic mass is 35.5. The van der Waals surface area contributed by atoms with Crippen molar-refractivity contribution in [1.82, 2.24) is 14.7 Å². The molecule has 0 radical (unpaired) electrons. The van der Waals surface area contributed by atoms with Crippen molar-refractivity contribution in [2.45, 2.75) is 20.1 Å². The summed E-state index contributed by atoms with van der Waals surface area (Å²) in [5.74, 6) is -0.444. The summed E-state index contributed by atoms with van der Waals surface area (Å²) in [6, 6.07) is 7.20. The SMILES string of the molecule is COC(=O)c1ccc(N2CCN(C(=O)Cn3nc(CF)c(Cl)c3C)CC2)cc1. The van der Waals surface area contributed by atoms with E-state index < -0.39 is 6.67 Å². The van der Waals surface area contributed by atoms with Gasteiger partial charge in [-0.05, 0) is 31.2 Å². The van der Waals surface area contributed by atoms with Crippen LogP contribution in [0.1, 0.15) is 21.7 Å². The van der Waals surface area contributed by atoms with Crippen LogP contribution in [0, 0.1) is 6.92 Å². The molecule has 2 aromatic rings. The number of anilines is 1. The lowest BCUT2D eigenvalue weighted by molar-refractivity contribution is -0.132. The molecule has 0 unspecified atom stereocenters. The van der Waals surface area contributed by atoms with E-state index in [1.54, 1.807) is 24.0 Å². The molecule has 1 saturated heterocycles. The largest absolute Gasteiger partial charge is 0.465 e. The quantitative estimate of drug-likeness (QED) is 0.711. The van der Waals surface area contributed by atoms with Crippen molar-refractivity contribution >= 4 is 29.2 Å². The first kappa shape index (κ1) is 20.1. The Kier molecular flexibility index (Phi) is 6.18. The van der Waals surface area contributed by atoms with Crippen LogP contribution in [-0.4, -0.2) is 59.8 Å². The molecule has 28 heavy (non-hydrogen) atoms. The predicted octanol–water partition coefficient (Wildman–Crippen LogP) is 2.45. The molecule has 1 aromatic heterocycles. The zero-order valence-corrected chi connectivity index (χ0v) is 16.6. The summed E-state index contributed by atoms with van der Waals surface area (Å²) in [7, 11) is 1.35. The van der Waals surface area contributed by atoms with Gasteiger partial charge in [0.15, 0.2) is 0 Å². The average Bonchev–Trinajstić information content (AvgIpc) is 3.01. The Morgan fingerprint density at radius 1 is 1.18 bits per heavy atom. The molecule has 3 rings (SSSR count). The fourth-order valence-corrected chi connectivity index (χ4v) is 3.38. The number of nitrogens with zero attached hydrogens (tertiary/aromatic N) is 4. The number of aromatic nitrogens is 2. The van der Waals surface area contributed by atoms with Gasteiger partial charge in [-0.25, -0.2) is 9.18 Å². The Bertz CT molecular complexity index is 861. The minimum Gasteiger partial charge on any atom is -0.465 e. The summed E-state index contributed by atoms with van der Waals surface area (Å²) in [5, 5.41) is 4.34. The van der Waals surface area contributed by atoms with Crippen molar-refractivity contribution in [1.29, 1.82) is 0 Å². The smallest absolute Gasteiger partial charge is 0.337 e. The maximum atomic E-state index is 12.9. The van der Waals surface area contributed by atoms with Crippen molar-refractivity contribution < 1.29 is 18.7 Å². The lowest BCUT2D eigenvalue weighted by atomic mass is 10.2. The maximum Gasteiger partial charge on any atom is 0.337 e. The van der Waals surface area contributed by atoms with Crippen LogP contribution in [-0.2, 0) is 22.8 Å². The third kappa shape index (κ3) is 4.11. The van der Waals surface area contributed by atoms with Gasteiger partial charge in [0.2, 0.25) is 5.91 Å². The minimum absolute atomic E-state index is 0.0411. The topological polar surface area (TPSA) is 67.7 Å². The summed E-state index contributed by atoms with van der Waals surface area (Å²) in [6.45, 7) is 3.50. The molecule has 0 atom stereocenters. The Morgan fingerprint density at radius 2 is 1.82 bits per heavy atom. The predicted molar refractivity (Wildman–Crippen MR) is 103 cm³/mol. The average molecular weight is 409 g/mol. The van der Waals surface area contributed by atoms with Crippen LogP contribution in [0.3, 0.4) is 0 Å². The molecule has 1 aromatic carbocycles. The molecule has 1 fully saturated rings. The zero-order chi connectivity index (χ0) is 20.3. The van der Waals surface area contributed by atoms with Gasteiger partial charge in [-0.2, -0.15) is 5.10 Å². The van der Waals surface area contributed by atoms with Crippen molar-refractivity contribution in [2.24, 2.45) is 0 Å². The van der Waals surface area contributed by atoms with Gasteiger partial charge in [-0.3, -0.25) is 9.48 Å². The molecule has 0 aliphatic carbocycles. The molecule has 0 N–H and O–H groups in total. The number of rotatable bonds is 5. The first-order valence-corrected chi connectivity index (χ1v) is 9.31. The highest BCUT2D eigenvalue weighted by Crippen LogP contribution is 2.21. The standard InChI is InChI=1S/C19H22ClFN4O3/c1-13-18(20)16(11-21)22-25(13)12-17(26)24-9-7-23(8-10-24)15-5-3-14(4-6-15)19(27)28-2/h3-6H,7-12H2,1-2H3. The lowest BCUT2D eigenvalue weighted by Crippen LogP contribution is -2.49. The maximum absolute atomic E-state index is 12.9. The van der Waals surface area contributed by atoms with Crippen LogP contribution in [0.15, 0.2) is 24.3 Å². The number of benzene rings is 1. The fourth-order valence-electron chi connectivity index (χ4n) is 3.19. The Hall–Kier alpha value is -2.61. The Labute approximate surface area is 167 Å². The van der Waals surface area contributed by atoms with Gasteiger partial charge in [-0.15, -0.1) is 0 Å². The van der Waals surface area contributed by atoms with Crippen LogP contribution in [0.25, 0.3) is 0 Å². The number of methoxy groups -OCH3 is 1. The number of piperazine rings is 1. The van der Waals surface area contributed by atoms with Crippen molar-refractivity contribution in [3.05, 3.63) is 46.2 Å². The molecule has 0 bridgehead atoms. The second kappa shape index (κ2) is 8.60. The monoisotopic (exact) mass is 408 g/mol. The van der Waals surface area contributed by atoms with Crippen LogP contribution >= 0.6 is 11.6 Å². The summed E-state index contributed by atoms with van der Waals surface area (Å²) in [5.41, 5.74) is 2.24. The highest BCUT2D eigenvalue weighted by Gasteiger charge is 2.23. The molecule has 150 valence electrons. The molecule has 9 heteroatoms. The molecule has 7 nitrogen and oxygen atoms in total. The third-order valence-corrected chi connectivity index (χ3v) is 5.39. The van der Waals surface area contributed by atoms with Crippen molar-refractivity contribution in [2.75, 3.05) is 38.2 Å². The van der Waals surface area contributed by atoms with Crippen LogP contribution in [0.5, 0.6) is 0 Å². The number of carbonyl (C=O) groups excluding carboxylic acids is 2. The molecule has 0 saturated carbocycles. The van der Waals surface area contributed by atoms with Gasteiger partial charge >= 0.3 is 5.97 Å². The fraction of sp³-hybridized carbons (Fsp3) is 0.421. The molecular weight excluding hydrogens is 387 g/mol. The third-order valence-electron chi connectivity index (χ3n) is 4.90. The molecule has 1 amide bonds. The van der Waals surface area contributed by atoms with Gasteiger partial charge in [-0.1, -0.05) is 11.6 Å². The number of hydrogen-bond donors (Lipinski definition) is 0. The zero-order valence-electron chi connectivity index (χ0n) is 15.8. The van der Waals surface area contributed by atoms with E-state index in [1.807, 2.05) is 12.1 Å². The summed E-state index contributed by atoms with van der Waals surface area (Å²) >= 11 is 6.03. The van der Waals surface area contributed by atoms with E-state index in [9.17, 15) is 14.0 Å². The van der Waals surface area contributed by atoms with E-state index >= 15 is 0 Å². The Balaban J connectivity index is 1.57. The highest BCUT2D eigenvalue weighted by molar-refractivity contribution is 6.31. The van der Waals surface area contributed by atoms with Gasteiger partial charge in [0.25, 0.3) is 0 Å².